The second kappa shape index (κ2) is 13.7. The summed E-state index contributed by atoms with van der Waals surface area (Å²) in [5.74, 6) is -2.63. The summed E-state index contributed by atoms with van der Waals surface area (Å²) in [6.45, 7) is 4.62. The number of carboxylic acids is 1. The van der Waals surface area contributed by atoms with Gasteiger partial charge >= 0.3 is 12.1 Å². The second-order valence-corrected chi connectivity index (χ2v) is 11.9. The molecule has 4 aromatic rings. The van der Waals surface area contributed by atoms with Crippen molar-refractivity contribution in [1.82, 2.24) is 20.2 Å². The number of carbonyl (C=O) groups excluding carboxylic acids is 1. The molecule has 12 heteroatoms. The van der Waals surface area contributed by atoms with Gasteiger partial charge in [-0.15, -0.1) is 11.3 Å². The molecule has 1 aliphatic heterocycles. The van der Waals surface area contributed by atoms with Crippen molar-refractivity contribution in [2.75, 3.05) is 26.3 Å². The van der Waals surface area contributed by atoms with Gasteiger partial charge in [-0.25, -0.2) is 9.78 Å². The van der Waals surface area contributed by atoms with Gasteiger partial charge in [0, 0.05) is 64.3 Å². The number of carbonyl (C=O) groups is 2. The Morgan fingerprint density at radius 2 is 1.77 bits per heavy atom. The van der Waals surface area contributed by atoms with Gasteiger partial charge in [-0.1, -0.05) is 37.1 Å². The van der Waals surface area contributed by atoms with E-state index in [9.17, 15) is 18.0 Å². The third kappa shape index (κ3) is 8.21. The van der Waals surface area contributed by atoms with Crippen LogP contribution in [-0.4, -0.2) is 70.4 Å². The van der Waals surface area contributed by atoms with Gasteiger partial charge in [-0.2, -0.15) is 13.2 Å². The molecule has 4 heterocycles. The standard InChI is InChI=1S/C29H32N4O2S.C2HF3O2/c34-28(32-23-3-1-2-4-23)15-20-5-7-21(8-6-20)26-18-31-29-25(26)16-22(17-30-29)27-10-9-24(36-27)19-33-11-13-35-14-12-33;3-2(4,5)1(6)7/h5-10,16-18,23H,1-4,11-15,19H2,(H,30,31)(H,32,34);(H,6,7). The molecule has 6 rings (SSSR count). The normalized spacial score (nSPS) is 16.2. The fourth-order valence-electron chi connectivity index (χ4n) is 5.31. The number of pyridine rings is 1. The summed E-state index contributed by atoms with van der Waals surface area (Å²) >= 11 is 1.84. The van der Waals surface area contributed by atoms with Gasteiger partial charge in [0.2, 0.25) is 5.91 Å². The number of rotatable bonds is 7. The van der Waals surface area contributed by atoms with Crippen LogP contribution in [0.2, 0.25) is 0 Å². The van der Waals surface area contributed by atoms with Gasteiger partial charge in [0.1, 0.15) is 5.65 Å². The Labute approximate surface area is 250 Å². The molecule has 43 heavy (non-hydrogen) atoms. The van der Waals surface area contributed by atoms with Gasteiger partial charge in [-0.3, -0.25) is 9.69 Å². The smallest absolute Gasteiger partial charge is 0.475 e. The summed E-state index contributed by atoms with van der Waals surface area (Å²) in [6, 6.07) is 15.4. The van der Waals surface area contributed by atoms with Gasteiger partial charge in [-0.05, 0) is 42.2 Å². The Kier molecular flexibility index (Phi) is 9.79. The van der Waals surface area contributed by atoms with E-state index in [0.29, 0.717) is 12.5 Å². The fraction of sp³-hybridized carbons (Fsp3) is 0.387. The monoisotopic (exact) mass is 614 g/mol. The van der Waals surface area contributed by atoms with Gasteiger partial charge in [0.05, 0.1) is 19.6 Å². The lowest BCUT2D eigenvalue weighted by molar-refractivity contribution is -0.192. The van der Waals surface area contributed by atoms with Crippen LogP contribution in [0, 0.1) is 0 Å². The minimum atomic E-state index is -5.08. The van der Waals surface area contributed by atoms with Crippen LogP contribution in [0.4, 0.5) is 13.2 Å². The van der Waals surface area contributed by atoms with E-state index in [-0.39, 0.29) is 5.91 Å². The maximum atomic E-state index is 12.4. The number of morpholine rings is 1. The molecular weight excluding hydrogens is 581 g/mol. The van der Waals surface area contributed by atoms with Crippen LogP contribution in [0.15, 0.2) is 54.9 Å². The average molecular weight is 615 g/mol. The number of nitrogens with one attached hydrogen (secondary N) is 2. The molecule has 8 nitrogen and oxygen atoms in total. The molecule has 228 valence electrons. The summed E-state index contributed by atoms with van der Waals surface area (Å²) in [4.78, 5) is 34.4. The Bertz CT molecular complexity index is 1540. The highest BCUT2D eigenvalue weighted by atomic mass is 32.1. The van der Waals surface area contributed by atoms with Crippen LogP contribution in [0.1, 0.15) is 36.1 Å². The third-order valence-electron chi connectivity index (χ3n) is 7.55. The highest BCUT2D eigenvalue weighted by Crippen LogP contribution is 2.34. The summed E-state index contributed by atoms with van der Waals surface area (Å²) in [5.41, 5.74) is 5.32. The van der Waals surface area contributed by atoms with Crippen molar-refractivity contribution in [2.45, 2.75) is 50.9 Å². The van der Waals surface area contributed by atoms with Gasteiger partial charge in [0.25, 0.3) is 0 Å². The van der Waals surface area contributed by atoms with E-state index in [0.717, 1.165) is 79.0 Å². The number of halogens is 3. The van der Waals surface area contributed by atoms with Crippen molar-refractivity contribution >= 4 is 34.2 Å². The number of benzene rings is 1. The summed E-state index contributed by atoms with van der Waals surface area (Å²) < 4.78 is 37.2. The number of hydrogen-bond acceptors (Lipinski definition) is 6. The highest BCUT2D eigenvalue weighted by molar-refractivity contribution is 7.15. The second-order valence-electron chi connectivity index (χ2n) is 10.7. The van der Waals surface area contributed by atoms with E-state index >= 15 is 0 Å². The van der Waals surface area contributed by atoms with Crippen molar-refractivity contribution in [3.63, 3.8) is 0 Å². The minimum Gasteiger partial charge on any atom is -0.475 e. The SMILES string of the molecule is O=C(Cc1ccc(-c2c[nH]c3ncc(-c4ccc(CN5CCOCC5)s4)cc23)cc1)NC1CCCC1.O=C(O)C(F)(F)F. The lowest BCUT2D eigenvalue weighted by Crippen LogP contribution is -2.35. The van der Waals surface area contributed by atoms with E-state index < -0.39 is 12.1 Å². The number of alkyl halides is 3. The third-order valence-corrected chi connectivity index (χ3v) is 8.67. The molecule has 1 aliphatic carbocycles. The number of hydrogen-bond donors (Lipinski definition) is 3. The number of ether oxygens (including phenoxy) is 1. The van der Waals surface area contributed by atoms with Crippen molar-refractivity contribution in [2.24, 2.45) is 0 Å². The molecule has 0 bridgehead atoms. The van der Waals surface area contributed by atoms with E-state index in [1.54, 1.807) is 0 Å². The first-order chi connectivity index (χ1) is 20.7. The summed E-state index contributed by atoms with van der Waals surface area (Å²) in [6.07, 6.45) is 4.01. The quantitative estimate of drug-likeness (QED) is 0.235. The molecule has 2 aliphatic rings. The van der Waals surface area contributed by atoms with Crippen molar-refractivity contribution < 1.29 is 32.6 Å². The maximum absolute atomic E-state index is 12.4. The molecule has 0 unspecified atom stereocenters. The first kappa shape index (κ1) is 30.7. The Balaban J connectivity index is 0.000000472. The number of nitrogens with zero attached hydrogens (tertiary/aromatic N) is 2. The fourth-order valence-corrected chi connectivity index (χ4v) is 6.34. The Morgan fingerprint density at radius 1 is 1.07 bits per heavy atom. The predicted octanol–water partition coefficient (Wildman–Crippen LogP) is 6.03. The molecule has 0 atom stereocenters. The average Bonchev–Trinajstić information content (AvgIpc) is 3.75. The van der Waals surface area contributed by atoms with Crippen LogP contribution in [-0.2, 0) is 27.3 Å². The van der Waals surface area contributed by atoms with E-state index in [1.165, 1.54) is 22.6 Å². The molecule has 3 N–H and O–H groups in total. The van der Waals surface area contributed by atoms with Gasteiger partial charge in [0.15, 0.2) is 0 Å². The lowest BCUT2D eigenvalue weighted by atomic mass is 10.0. The van der Waals surface area contributed by atoms with Crippen molar-refractivity contribution in [3.8, 4) is 21.6 Å². The number of H-pyrrole nitrogens is 1. The zero-order chi connectivity index (χ0) is 30.4. The Hall–Kier alpha value is -3.74. The number of amides is 1. The zero-order valence-corrected chi connectivity index (χ0v) is 24.3. The lowest BCUT2D eigenvalue weighted by Gasteiger charge is -2.25. The molecule has 0 spiro atoms. The van der Waals surface area contributed by atoms with Crippen molar-refractivity contribution in [1.29, 1.82) is 0 Å². The first-order valence-electron chi connectivity index (χ1n) is 14.2. The maximum Gasteiger partial charge on any atom is 0.490 e. The molecule has 1 aromatic carbocycles. The topological polar surface area (TPSA) is 108 Å². The molecule has 1 saturated carbocycles. The highest BCUT2D eigenvalue weighted by Gasteiger charge is 2.38. The van der Waals surface area contributed by atoms with Crippen LogP contribution in [0.3, 0.4) is 0 Å². The largest absolute Gasteiger partial charge is 0.490 e. The number of fused-ring (bicyclic) bond motifs is 1. The molecule has 3 aromatic heterocycles. The number of aromatic amines is 1. The van der Waals surface area contributed by atoms with Crippen LogP contribution in [0.5, 0.6) is 0 Å². The summed E-state index contributed by atoms with van der Waals surface area (Å²) in [5, 5.41) is 11.4. The van der Waals surface area contributed by atoms with Crippen LogP contribution < -0.4 is 5.32 Å². The van der Waals surface area contributed by atoms with Gasteiger partial charge < -0.3 is 20.1 Å². The summed E-state index contributed by atoms with van der Waals surface area (Å²) in [7, 11) is 0. The Morgan fingerprint density at radius 3 is 2.44 bits per heavy atom. The number of carboxylic acid groups (broad SMARTS) is 1. The molecule has 1 amide bonds. The minimum absolute atomic E-state index is 0.125. The molecule has 0 radical (unpaired) electrons. The molecule has 1 saturated heterocycles. The zero-order valence-electron chi connectivity index (χ0n) is 23.5. The molecular formula is C31H33F3N4O4S. The number of aromatic nitrogens is 2. The van der Waals surface area contributed by atoms with Crippen LogP contribution in [0.25, 0.3) is 32.6 Å². The number of thiophene rings is 1. The number of aliphatic carboxylic acids is 1. The van der Waals surface area contributed by atoms with Crippen LogP contribution >= 0.6 is 11.3 Å². The van der Waals surface area contributed by atoms with E-state index in [1.807, 2.05) is 23.7 Å². The van der Waals surface area contributed by atoms with E-state index in [2.05, 4.69) is 57.7 Å². The first-order valence-corrected chi connectivity index (χ1v) is 15.0. The molecule has 2 fully saturated rings. The van der Waals surface area contributed by atoms with Crippen molar-refractivity contribution in [3.05, 3.63) is 65.3 Å². The van der Waals surface area contributed by atoms with E-state index in [4.69, 9.17) is 19.6 Å². The predicted molar refractivity (Wildman–Crippen MR) is 159 cm³/mol.